The van der Waals surface area contributed by atoms with Crippen LogP contribution in [0.25, 0.3) is 0 Å². The van der Waals surface area contributed by atoms with Crippen LogP contribution in [0.15, 0.2) is 0 Å². The zero-order valence-electron chi connectivity index (χ0n) is 17.1. The van der Waals surface area contributed by atoms with Gasteiger partial charge in [-0.3, -0.25) is 14.4 Å². The molecule has 0 radical (unpaired) electrons. The second kappa shape index (κ2) is 13.0. The minimum Gasteiger partial charge on any atom is -0.480 e. The number of hydrogen-bond acceptors (Lipinski definition) is 7. The Morgan fingerprint density at radius 1 is 1.14 bits per heavy atom. The van der Waals surface area contributed by atoms with Crippen molar-refractivity contribution in [3.8, 4) is 0 Å². The van der Waals surface area contributed by atoms with E-state index in [1.807, 2.05) is 6.26 Å². The molecule has 1 fully saturated rings. The van der Waals surface area contributed by atoms with Crippen LogP contribution in [0.4, 0.5) is 0 Å². The van der Waals surface area contributed by atoms with E-state index in [9.17, 15) is 24.3 Å². The van der Waals surface area contributed by atoms with E-state index in [-0.39, 0.29) is 23.6 Å². The van der Waals surface area contributed by atoms with Gasteiger partial charge in [-0.05, 0) is 43.7 Å². The van der Waals surface area contributed by atoms with Crippen molar-refractivity contribution in [1.29, 1.82) is 0 Å². The molecule has 1 saturated heterocycles. The molecule has 29 heavy (non-hydrogen) atoms. The predicted octanol–water partition coefficient (Wildman–Crippen LogP) is -0.384. The Kier molecular flexibility index (Phi) is 11.4. The molecule has 1 rings (SSSR count). The van der Waals surface area contributed by atoms with Crippen molar-refractivity contribution in [2.24, 2.45) is 5.92 Å². The molecule has 0 bridgehead atoms. The van der Waals surface area contributed by atoms with Crippen LogP contribution in [0.3, 0.4) is 0 Å². The van der Waals surface area contributed by atoms with E-state index >= 15 is 0 Å². The van der Waals surface area contributed by atoms with Crippen LogP contribution in [0, 0.1) is 5.92 Å². The molecule has 9 nitrogen and oxygen atoms in total. The van der Waals surface area contributed by atoms with Gasteiger partial charge in [0.05, 0.1) is 6.04 Å². The maximum atomic E-state index is 12.7. The molecule has 4 atom stereocenters. The van der Waals surface area contributed by atoms with Gasteiger partial charge in [0.2, 0.25) is 17.7 Å². The number of thiol groups is 1. The van der Waals surface area contributed by atoms with Crippen molar-refractivity contribution in [1.82, 2.24) is 21.3 Å². The first-order chi connectivity index (χ1) is 13.7. The fraction of sp³-hybridized carbons (Fsp3) is 0.778. The summed E-state index contributed by atoms with van der Waals surface area (Å²) in [7, 11) is 0. The second-order valence-corrected chi connectivity index (χ2v) is 8.65. The van der Waals surface area contributed by atoms with Crippen molar-refractivity contribution in [3.63, 3.8) is 0 Å². The molecule has 166 valence electrons. The molecule has 0 aromatic heterocycles. The summed E-state index contributed by atoms with van der Waals surface area (Å²) in [4.78, 5) is 48.9. The number of amides is 3. The van der Waals surface area contributed by atoms with Gasteiger partial charge in [-0.15, -0.1) is 0 Å². The number of nitrogens with one attached hydrogen (secondary N) is 4. The van der Waals surface area contributed by atoms with Gasteiger partial charge in [0.15, 0.2) is 0 Å². The molecule has 4 unspecified atom stereocenters. The molecule has 0 aliphatic carbocycles. The Hall–Kier alpha value is -1.46. The summed E-state index contributed by atoms with van der Waals surface area (Å²) in [6.07, 6.45) is 3.81. The Morgan fingerprint density at radius 2 is 1.79 bits per heavy atom. The standard InChI is InChI=1S/C18H32N4O5S2/c1-10(2)14(18(26)27)22-16(24)12(6-8-29-3)20-17(25)13(9-28)21-15(23)11-5-4-7-19-11/h10-14,19,28H,4-9H2,1-3H3,(H,20,25)(H,21,23)(H,22,24)(H,26,27). The Bertz CT molecular complexity index is 585. The van der Waals surface area contributed by atoms with Gasteiger partial charge in [-0.25, -0.2) is 4.79 Å². The van der Waals surface area contributed by atoms with Crippen molar-refractivity contribution in [2.75, 3.05) is 24.3 Å². The molecule has 11 heteroatoms. The molecule has 0 aromatic rings. The molecule has 1 aliphatic rings. The van der Waals surface area contributed by atoms with Crippen LogP contribution in [0.5, 0.6) is 0 Å². The topological polar surface area (TPSA) is 137 Å². The van der Waals surface area contributed by atoms with Crippen LogP contribution in [-0.4, -0.2) is 77.3 Å². The van der Waals surface area contributed by atoms with E-state index < -0.39 is 35.9 Å². The predicted molar refractivity (Wildman–Crippen MR) is 116 cm³/mol. The molecule has 5 N–H and O–H groups in total. The second-order valence-electron chi connectivity index (χ2n) is 7.30. The van der Waals surface area contributed by atoms with Gasteiger partial charge < -0.3 is 26.4 Å². The SMILES string of the molecule is CSCCC(NC(=O)C(CS)NC(=O)C1CCCN1)C(=O)NC(C(=O)O)C(C)C. The molecular weight excluding hydrogens is 416 g/mol. The zero-order valence-corrected chi connectivity index (χ0v) is 18.8. The van der Waals surface area contributed by atoms with E-state index in [2.05, 4.69) is 33.9 Å². The van der Waals surface area contributed by atoms with Crippen LogP contribution in [0.1, 0.15) is 33.1 Å². The summed E-state index contributed by atoms with van der Waals surface area (Å²) in [6.45, 7) is 4.14. The van der Waals surface area contributed by atoms with Gasteiger partial charge in [0.1, 0.15) is 18.1 Å². The largest absolute Gasteiger partial charge is 0.480 e. The summed E-state index contributed by atoms with van der Waals surface area (Å²) in [5, 5.41) is 20.2. The van der Waals surface area contributed by atoms with Gasteiger partial charge in [0, 0.05) is 5.75 Å². The maximum absolute atomic E-state index is 12.7. The van der Waals surface area contributed by atoms with Crippen LogP contribution >= 0.6 is 24.4 Å². The fourth-order valence-electron chi connectivity index (χ4n) is 2.92. The van der Waals surface area contributed by atoms with Crippen molar-refractivity contribution >= 4 is 48.1 Å². The Labute approximate surface area is 181 Å². The van der Waals surface area contributed by atoms with Crippen LogP contribution in [-0.2, 0) is 19.2 Å². The first-order valence-corrected chi connectivity index (χ1v) is 11.7. The van der Waals surface area contributed by atoms with Gasteiger partial charge in [-0.1, -0.05) is 13.8 Å². The molecule has 0 spiro atoms. The smallest absolute Gasteiger partial charge is 0.326 e. The third-order valence-electron chi connectivity index (χ3n) is 4.67. The average molecular weight is 449 g/mol. The molecule has 1 heterocycles. The van der Waals surface area contributed by atoms with Gasteiger partial charge in [0.25, 0.3) is 0 Å². The summed E-state index contributed by atoms with van der Waals surface area (Å²) in [5.41, 5.74) is 0. The number of aliphatic carboxylic acids is 1. The van der Waals surface area contributed by atoms with E-state index in [4.69, 9.17) is 0 Å². The number of carbonyl (C=O) groups excluding carboxylic acids is 3. The van der Waals surface area contributed by atoms with E-state index in [1.165, 1.54) is 11.8 Å². The van der Waals surface area contributed by atoms with E-state index in [0.29, 0.717) is 18.6 Å². The third-order valence-corrected chi connectivity index (χ3v) is 5.68. The van der Waals surface area contributed by atoms with Crippen LogP contribution in [0.2, 0.25) is 0 Å². The number of thioether (sulfide) groups is 1. The highest BCUT2D eigenvalue weighted by Crippen LogP contribution is 2.08. The van der Waals surface area contributed by atoms with Crippen molar-refractivity contribution in [2.45, 2.75) is 57.3 Å². The van der Waals surface area contributed by atoms with Crippen molar-refractivity contribution < 1.29 is 24.3 Å². The van der Waals surface area contributed by atoms with Crippen molar-refractivity contribution in [3.05, 3.63) is 0 Å². The number of rotatable bonds is 12. The summed E-state index contributed by atoms with van der Waals surface area (Å²) < 4.78 is 0. The lowest BCUT2D eigenvalue weighted by Gasteiger charge is -2.25. The van der Waals surface area contributed by atoms with Gasteiger partial charge in [-0.2, -0.15) is 24.4 Å². The maximum Gasteiger partial charge on any atom is 0.326 e. The number of carboxylic acid groups (broad SMARTS) is 1. The average Bonchev–Trinajstić information content (AvgIpc) is 3.21. The third kappa shape index (κ3) is 8.43. The molecule has 3 amide bonds. The quantitative estimate of drug-likeness (QED) is 0.224. The van der Waals surface area contributed by atoms with Crippen LogP contribution < -0.4 is 21.3 Å². The highest BCUT2D eigenvalue weighted by Gasteiger charge is 2.31. The molecule has 0 aromatic carbocycles. The lowest BCUT2D eigenvalue weighted by atomic mass is 10.0. The number of carbonyl (C=O) groups is 4. The lowest BCUT2D eigenvalue weighted by Crippen LogP contribution is -2.58. The fourth-order valence-corrected chi connectivity index (χ4v) is 3.65. The zero-order chi connectivity index (χ0) is 22.0. The summed E-state index contributed by atoms with van der Waals surface area (Å²) in [5.74, 6) is -2.12. The minimum atomic E-state index is -1.13. The normalized spacial score (nSPS) is 19.3. The highest BCUT2D eigenvalue weighted by atomic mass is 32.2. The molecule has 1 aliphatic heterocycles. The summed E-state index contributed by atoms with van der Waals surface area (Å²) in [6, 6.07) is -3.18. The van der Waals surface area contributed by atoms with E-state index in [0.717, 1.165) is 13.0 Å². The highest BCUT2D eigenvalue weighted by molar-refractivity contribution is 7.98. The number of carboxylic acids is 1. The van der Waals surface area contributed by atoms with Gasteiger partial charge >= 0.3 is 5.97 Å². The summed E-state index contributed by atoms with van der Waals surface area (Å²) >= 11 is 5.65. The molecular formula is C18H32N4O5S2. The Morgan fingerprint density at radius 3 is 2.28 bits per heavy atom. The van der Waals surface area contributed by atoms with E-state index in [1.54, 1.807) is 13.8 Å². The molecule has 0 saturated carbocycles. The Balaban J connectivity index is 2.77. The lowest BCUT2D eigenvalue weighted by molar-refractivity contribution is -0.143. The monoisotopic (exact) mass is 448 g/mol. The first-order valence-electron chi connectivity index (χ1n) is 9.68. The minimum absolute atomic E-state index is 0.0743. The number of hydrogen-bond donors (Lipinski definition) is 6. The first kappa shape index (κ1) is 25.6.